The highest BCUT2D eigenvalue weighted by molar-refractivity contribution is 5.77. The first-order chi connectivity index (χ1) is 7.97. The molecular weight excluding hydrogens is 222 g/mol. The van der Waals surface area contributed by atoms with Gasteiger partial charge in [-0.2, -0.15) is 0 Å². The number of aliphatic carboxylic acids is 1. The monoisotopic (exact) mass is 239 g/mol. The van der Waals surface area contributed by atoms with Crippen molar-refractivity contribution in [1.82, 2.24) is 5.32 Å². The number of aryl methyl sites for hydroxylation is 1. The van der Waals surface area contributed by atoms with Crippen molar-refractivity contribution >= 4 is 11.9 Å². The van der Waals surface area contributed by atoms with Crippen LogP contribution in [0.2, 0.25) is 0 Å². The van der Waals surface area contributed by atoms with Gasteiger partial charge in [-0.1, -0.05) is 6.92 Å². The van der Waals surface area contributed by atoms with Crippen LogP contribution >= 0.6 is 0 Å². The van der Waals surface area contributed by atoms with E-state index in [9.17, 15) is 9.59 Å². The second-order valence-corrected chi connectivity index (χ2v) is 4.20. The molecule has 17 heavy (non-hydrogen) atoms. The minimum Gasteiger partial charge on any atom is -0.481 e. The molecule has 0 spiro atoms. The molecule has 1 aromatic heterocycles. The number of furan rings is 1. The van der Waals surface area contributed by atoms with Crippen molar-refractivity contribution in [3.63, 3.8) is 0 Å². The van der Waals surface area contributed by atoms with E-state index >= 15 is 0 Å². The number of rotatable bonds is 6. The summed E-state index contributed by atoms with van der Waals surface area (Å²) in [5.41, 5.74) is 0. The van der Waals surface area contributed by atoms with Gasteiger partial charge in [0.2, 0.25) is 5.91 Å². The zero-order valence-electron chi connectivity index (χ0n) is 10.0. The first-order valence-electron chi connectivity index (χ1n) is 5.51. The van der Waals surface area contributed by atoms with Gasteiger partial charge in [-0.05, 0) is 25.0 Å². The van der Waals surface area contributed by atoms with Gasteiger partial charge >= 0.3 is 5.97 Å². The molecule has 1 amide bonds. The van der Waals surface area contributed by atoms with E-state index in [1.54, 1.807) is 13.0 Å². The minimum absolute atomic E-state index is 0.00722. The number of carboxylic acid groups (broad SMARTS) is 1. The van der Waals surface area contributed by atoms with E-state index in [4.69, 9.17) is 9.52 Å². The van der Waals surface area contributed by atoms with Gasteiger partial charge in [0.1, 0.15) is 11.5 Å². The highest BCUT2D eigenvalue weighted by Gasteiger charge is 2.12. The fourth-order valence-electron chi connectivity index (χ4n) is 1.52. The van der Waals surface area contributed by atoms with Crippen LogP contribution in [0.4, 0.5) is 0 Å². The molecular formula is C12H17NO4. The average Bonchev–Trinajstić information content (AvgIpc) is 2.59. The van der Waals surface area contributed by atoms with E-state index in [1.807, 2.05) is 13.0 Å². The topological polar surface area (TPSA) is 79.5 Å². The second kappa shape index (κ2) is 6.08. The van der Waals surface area contributed by atoms with E-state index in [-0.39, 0.29) is 24.7 Å². The number of carbonyl (C=O) groups excluding carboxylic acids is 1. The van der Waals surface area contributed by atoms with E-state index < -0.39 is 5.97 Å². The quantitative estimate of drug-likeness (QED) is 0.792. The average molecular weight is 239 g/mol. The fourth-order valence-corrected chi connectivity index (χ4v) is 1.52. The van der Waals surface area contributed by atoms with Crippen LogP contribution in [-0.2, 0) is 16.1 Å². The summed E-state index contributed by atoms with van der Waals surface area (Å²) < 4.78 is 5.29. The van der Waals surface area contributed by atoms with Crippen LogP contribution in [0.3, 0.4) is 0 Å². The molecule has 1 aromatic rings. The Bertz CT molecular complexity index is 397. The second-order valence-electron chi connectivity index (χ2n) is 4.20. The van der Waals surface area contributed by atoms with Crippen LogP contribution in [0, 0.1) is 12.8 Å². The molecule has 0 bridgehead atoms. The van der Waals surface area contributed by atoms with Crippen molar-refractivity contribution in [2.24, 2.45) is 5.92 Å². The van der Waals surface area contributed by atoms with E-state index in [1.165, 1.54) is 0 Å². The SMILES string of the molecule is Cc1ccc(CNC(=O)C[C@H](C)CC(=O)O)o1. The van der Waals surface area contributed by atoms with Crippen LogP contribution in [0.5, 0.6) is 0 Å². The summed E-state index contributed by atoms with van der Waals surface area (Å²) in [7, 11) is 0. The molecule has 0 saturated carbocycles. The summed E-state index contributed by atoms with van der Waals surface area (Å²) in [5.74, 6) is 0.292. The molecule has 1 rings (SSSR count). The maximum absolute atomic E-state index is 11.5. The predicted octanol–water partition coefficient (Wildman–Crippen LogP) is 1.71. The molecule has 0 aromatic carbocycles. The zero-order valence-corrected chi connectivity index (χ0v) is 10.0. The molecule has 0 unspecified atom stereocenters. The largest absolute Gasteiger partial charge is 0.481 e. The van der Waals surface area contributed by atoms with Gasteiger partial charge in [0.25, 0.3) is 0 Å². The van der Waals surface area contributed by atoms with Crippen molar-refractivity contribution in [3.05, 3.63) is 23.7 Å². The normalized spacial score (nSPS) is 12.1. The number of nitrogens with one attached hydrogen (secondary N) is 1. The number of carboxylic acids is 1. The Morgan fingerprint density at radius 3 is 2.65 bits per heavy atom. The summed E-state index contributed by atoms with van der Waals surface area (Å²) in [4.78, 5) is 21.9. The van der Waals surface area contributed by atoms with E-state index in [0.717, 1.165) is 5.76 Å². The first-order valence-corrected chi connectivity index (χ1v) is 5.51. The van der Waals surface area contributed by atoms with Crippen molar-refractivity contribution in [2.75, 3.05) is 0 Å². The highest BCUT2D eigenvalue weighted by Crippen LogP contribution is 2.08. The van der Waals surface area contributed by atoms with Crippen LogP contribution < -0.4 is 5.32 Å². The molecule has 0 fully saturated rings. The number of amides is 1. The third-order valence-electron chi connectivity index (χ3n) is 2.31. The molecule has 5 heteroatoms. The lowest BCUT2D eigenvalue weighted by molar-refractivity contribution is -0.138. The number of hydrogen-bond acceptors (Lipinski definition) is 3. The lowest BCUT2D eigenvalue weighted by Crippen LogP contribution is -2.24. The van der Waals surface area contributed by atoms with Crippen LogP contribution in [0.15, 0.2) is 16.5 Å². The van der Waals surface area contributed by atoms with Gasteiger partial charge in [-0.15, -0.1) is 0 Å². The third kappa shape index (κ3) is 5.19. The molecule has 1 heterocycles. The van der Waals surface area contributed by atoms with Crippen molar-refractivity contribution < 1.29 is 19.1 Å². The molecule has 5 nitrogen and oxygen atoms in total. The Kier molecular flexibility index (Phi) is 4.75. The van der Waals surface area contributed by atoms with Gasteiger partial charge in [0.05, 0.1) is 6.54 Å². The van der Waals surface area contributed by atoms with Gasteiger partial charge < -0.3 is 14.8 Å². The smallest absolute Gasteiger partial charge is 0.303 e. The van der Waals surface area contributed by atoms with Crippen molar-refractivity contribution in [3.8, 4) is 0 Å². The molecule has 0 aliphatic rings. The molecule has 1 atom stereocenters. The predicted molar refractivity (Wildman–Crippen MR) is 61.3 cm³/mol. The fraction of sp³-hybridized carbons (Fsp3) is 0.500. The zero-order chi connectivity index (χ0) is 12.8. The summed E-state index contributed by atoms with van der Waals surface area (Å²) in [6.45, 7) is 3.91. The van der Waals surface area contributed by atoms with Crippen LogP contribution in [-0.4, -0.2) is 17.0 Å². The summed E-state index contributed by atoms with van der Waals surface area (Å²) in [6, 6.07) is 3.63. The van der Waals surface area contributed by atoms with E-state index in [2.05, 4.69) is 5.32 Å². The first kappa shape index (κ1) is 13.3. The van der Waals surface area contributed by atoms with Gasteiger partial charge in [0, 0.05) is 12.8 Å². The summed E-state index contributed by atoms with van der Waals surface area (Å²) >= 11 is 0. The maximum Gasteiger partial charge on any atom is 0.303 e. The Balaban J connectivity index is 2.28. The van der Waals surface area contributed by atoms with Gasteiger partial charge in [0.15, 0.2) is 0 Å². The number of carbonyl (C=O) groups is 2. The lowest BCUT2D eigenvalue weighted by atomic mass is 10.0. The lowest BCUT2D eigenvalue weighted by Gasteiger charge is -2.08. The Hall–Kier alpha value is -1.78. The van der Waals surface area contributed by atoms with Gasteiger partial charge in [-0.25, -0.2) is 0 Å². The minimum atomic E-state index is -0.882. The Morgan fingerprint density at radius 1 is 1.41 bits per heavy atom. The van der Waals surface area contributed by atoms with Crippen LogP contribution in [0.25, 0.3) is 0 Å². The molecule has 0 aliphatic carbocycles. The van der Waals surface area contributed by atoms with Crippen molar-refractivity contribution in [1.29, 1.82) is 0 Å². The molecule has 0 radical (unpaired) electrons. The Morgan fingerprint density at radius 2 is 2.12 bits per heavy atom. The summed E-state index contributed by atoms with van der Waals surface area (Å²) in [6.07, 6.45) is 0.221. The number of hydrogen-bond donors (Lipinski definition) is 2. The maximum atomic E-state index is 11.5. The van der Waals surface area contributed by atoms with E-state index in [0.29, 0.717) is 12.3 Å². The van der Waals surface area contributed by atoms with Crippen molar-refractivity contribution in [2.45, 2.75) is 33.2 Å². The van der Waals surface area contributed by atoms with Crippen LogP contribution in [0.1, 0.15) is 31.3 Å². The Labute approximate surface area is 99.8 Å². The van der Waals surface area contributed by atoms with Gasteiger partial charge in [-0.3, -0.25) is 9.59 Å². The standard InChI is InChI=1S/C12H17NO4/c1-8(6-12(15)16)5-11(14)13-7-10-4-3-9(2)17-10/h3-4,8H,5-7H2,1-2H3,(H,13,14)(H,15,16)/t8-/m0/s1. The third-order valence-corrected chi connectivity index (χ3v) is 2.31. The highest BCUT2D eigenvalue weighted by atomic mass is 16.4. The molecule has 2 N–H and O–H groups in total. The molecule has 0 saturated heterocycles. The molecule has 0 aliphatic heterocycles. The molecule has 94 valence electrons. The summed E-state index contributed by atoms with van der Waals surface area (Å²) in [5, 5.41) is 11.3.